The number of anilines is 2. The molecule has 0 bridgehead atoms. The number of hydrogen-bond donors (Lipinski definition) is 0. The van der Waals surface area contributed by atoms with Crippen LogP contribution in [-0.2, 0) is 0 Å². The van der Waals surface area contributed by atoms with Crippen LogP contribution in [0.3, 0.4) is 0 Å². The van der Waals surface area contributed by atoms with Crippen molar-refractivity contribution in [2.75, 3.05) is 11.9 Å². The lowest BCUT2D eigenvalue weighted by molar-refractivity contribution is 0.443. The smallest absolute Gasteiger partial charge is 0.0408 e. The summed E-state index contributed by atoms with van der Waals surface area (Å²) in [4.78, 5) is 2.28. The topological polar surface area (TPSA) is 3.24 Å². The Morgan fingerprint density at radius 1 is 0.769 bits per heavy atom. The molecule has 1 nitrogen and oxygen atoms in total. The Labute approximate surface area is 158 Å². The number of rotatable bonds is 4. The van der Waals surface area contributed by atoms with E-state index < -0.39 is 0 Å². The molecule has 26 heavy (non-hydrogen) atoms. The highest BCUT2D eigenvalue weighted by Gasteiger charge is 2.15. The molecule has 0 saturated heterocycles. The number of benzene rings is 2. The molecule has 0 amide bonds. The third-order valence-electron chi connectivity index (χ3n) is 5.94. The predicted octanol–water partition coefficient (Wildman–Crippen LogP) is 7.24. The van der Waals surface area contributed by atoms with Gasteiger partial charge in [0.05, 0.1) is 0 Å². The van der Waals surface area contributed by atoms with Crippen molar-refractivity contribution in [2.24, 2.45) is 0 Å². The summed E-state index contributed by atoms with van der Waals surface area (Å²) in [7, 11) is 2.16. The van der Waals surface area contributed by atoms with E-state index in [1.54, 1.807) is 0 Å². The average molecular weight is 344 g/mol. The highest BCUT2D eigenvalue weighted by molar-refractivity contribution is 5.76. The van der Waals surface area contributed by atoms with Gasteiger partial charge in [-0.2, -0.15) is 0 Å². The van der Waals surface area contributed by atoms with E-state index in [9.17, 15) is 0 Å². The highest BCUT2D eigenvalue weighted by atomic mass is 15.1. The number of allylic oxidation sites excluding steroid dienone is 4. The fourth-order valence-corrected chi connectivity index (χ4v) is 4.26. The molecule has 2 aliphatic carbocycles. The maximum Gasteiger partial charge on any atom is 0.0408 e. The molecule has 1 fully saturated rings. The number of hydrogen-bond acceptors (Lipinski definition) is 1. The zero-order valence-corrected chi connectivity index (χ0v) is 15.8. The van der Waals surface area contributed by atoms with Crippen LogP contribution in [0.4, 0.5) is 11.4 Å². The van der Waals surface area contributed by atoms with E-state index in [1.165, 1.54) is 66.6 Å². The van der Waals surface area contributed by atoms with E-state index >= 15 is 0 Å². The normalized spacial score (nSPS) is 17.8. The summed E-state index contributed by atoms with van der Waals surface area (Å²) in [5.74, 6) is 0.777. The minimum Gasteiger partial charge on any atom is -0.345 e. The Balaban J connectivity index is 1.47. The van der Waals surface area contributed by atoms with Crippen molar-refractivity contribution in [3.63, 3.8) is 0 Å². The summed E-state index contributed by atoms with van der Waals surface area (Å²) in [5, 5.41) is 0. The summed E-state index contributed by atoms with van der Waals surface area (Å²) in [6.07, 6.45) is 16.1. The summed E-state index contributed by atoms with van der Waals surface area (Å²) in [5.41, 5.74) is 6.68. The van der Waals surface area contributed by atoms with Gasteiger partial charge in [-0.15, -0.1) is 0 Å². The Morgan fingerprint density at radius 3 is 2.04 bits per heavy atom. The predicted molar refractivity (Wildman–Crippen MR) is 113 cm³/mol. The van der Waals surface area contributed by atoms with Gasteiger partial charge in [-0.25, -0.2) is 0 Å². The van der Waals surface area contributed by atoms with Gasteiger partial charge in [0.1, 0.15) is 0 Å². The lowest BCUT2D eigenvalue weighted by Gasteiger charge is -2.24. The first-order valence-electron chi connectivity index (χ1n) is 10.1. The Hall–Kier alpha value is -2.28. The quantitative estimate of drug-likeness (QED) is 0.565. The molecule has 4 rings (SSSR count). The van der Waals surface area contributed by atoms with Gasteiger partial charge in [0.25, 0.3) is 0 Å². The van der Waals surface area contributed by atoms with Crippen LogP contribution in [0.25, 0.3) is 5.57 Å². The van der Waals surface area contributed by atoms with Crippen LogP contribution in [0, 0.1) is 0 Å². The zero-order valence-electron chi connectivity index (χ0n) is 15.8. The molecule has 2 aromatic rings. The molecule has 0 aliphatic heterocycles. The molecular weight excluding hydrogens is 314 g/mol. The fourth-order valence-electron chi connectivity index (χ4n) is 4.26. The molecular formula is C25H29N. The Kier molecular flexibility index (Phi) is 5.24. The number of nitrogens with zero attached hydrogens (tertiary/aromatic N) is 1. The lowest BCUT2D eigenvalue weighted by Crippen LogP contribution is -2.10. The van der Waals surface area contributed by atoms with E-state index in [0.29, 0.717) is 0 Å². The molecule has 2 aliphatic rings. The van der Waals surface area contributed by atoms with E-state index in [2.05, 4.69) is 78.7 Å². The molecule has 2 aromatic carbocycles. The van der Waals surface area contributed by atoms with E-state index in [0.717, 1.165) is 12.3 Å². The minimum atomic E-state index is 0.777. The van der Waals surface area contributed by atoms with Gasteiger partial charge in [0.15, 0.2) is 0 Å². The van der Waals surface area contributed by atoms with Gasteiger partial charge >= 0.3 is 0 Å². The second kappa shape index (κ2) is 7.95. The first-order valence-corrected chi connectivity index (χ1v) is 10.1. The van der Waals surface area contributed by atoms with Gasteiger partial charge < -0.3 is 4.90 Å². The molecule has 134 valence electrons. The van der Waals surface area contributed by atoms with Crippen molar-refractivity contribution in [2.45, 2.75) is 50.9 Å². The monoisotopic (exact) mass is 343 g/mol. The standard InChI is InChI=1S/C25H29N/c1-26(24-16-12-22(13-17-24)20-8-4-2-5-9-20)25-18-14-23(15-19-25)21-10-6-3-7-11-21/h4,8-9,12-19,21H,2-3,5-7,10-11H2,1H3. The third kappa shape index (κ3) is 3.77. The van der Waals surface area contributed by atoms with Crippen molar-refractivity contribution >= 4 is 16.9 Å². The molecule has 0 aromatic heterocycles. The first kappa shape index (κ1) is 17.1. The van der Waals surface area contributed by atoms with Crippen LogP contribution >= 0.6 is 0 Å². The van der Waals surface area contributed by atoms with Crippen molar-refractivity contribution in [3.05, 3.63) is 77.9 Å². The van der Waals surface area contributed by atoms with Crippen LogP contribution in [0.15, 0.2) is 66.8 Å². The van der Waals surface area contributed by atoms with Gasteiger partial charge in [0.2, 0.25) is 0 Å². The third-order valence-corrected chi connectivity index (χ3v) is 5.94. The van der Waals surface area contributed by atoms with Crippen LogP contribution in [0.5, 0.6) is 0 Å². The van der Waals surface area contributed by atoms with E-state index in [4.69, 9.17) is 0 Å². The van der Waals surface area contributed by atoms with Crippen molar-refractivity contribution in [1.82, 2.24) is 0 Å². The van der Waals surface area contributed by atoms with Crippen LogP contribution in [0.2, 0.25) is 0 Å². The van der Waals surface area contributed by atoms with E-state index in [-0.39, 0.29) is 0 Å². The second-order valence-electron chi connectivity index (χ2n) is 7.67. The zero-order chi connectivity index (χ0) is 17.8. The summed E-state index contributed by atoms with van der Waals surface area (Å²) >= 11 is 0. The molecule has 0 N–H and O–H groups in total. The van der Waals surface area contributed by atoms with Gasteiger partial charge in [0, 0.05) is 18.4 Å². The van der Waals surface area contributed by atoms with Gasteiger partial charge in [-0.05, 0) is 72.6 Å². The maximum absolute atomic E-state index is 2.34. The first-order chi connectivity index (χ1) is 12.8. The molecule has 0 radical (unpaired) electrons. The highest BCUT2D eigenvalue weighted by Crippen LogP contribution is 2.34. The average Bonchev–Trinajstić information content (AvgIpc) is 2.75. The van der Waals surface area contributed by atoms with Crippen molar-refractivity contribution < 1.29 is 0 Å². The maximum atomic E-state index is 2.34. The van der Waals surface area contributed by atoms with Gasteiger partial charge in [-0.1, -0.05) is 61.8 Å². The molecule has 1 heteroatoms. The van der Waals surface area contributed by atoms with Crippen LogP contribution in [-0.4, -0.2) is 7.05 Å². The Morgan fingerprint density at radius 2 is 1.42 bits per heavy atom. The largest absolute Gasteiger partial charge is 0.345 e. The molecule has 0 atom stereocenters. The van der Waals surface area contributed by atoms with Crippen LogP contribution in [0.1, 0.15) is 62.0 Å². The SMILES string of the molecule is CN(c1ccc(C2=CCCC=C2)cc1)c1ccc(C2CCCCC2)cc1. The van der Waals surface area contributed by atoms with Crippen LogP contribution < -0.4 is 4.90 Å². The molecule has 0 heterocycles. The van der Waals surface area contributed by atoms with Gasteiger partial charge in [-0.3, -0.25) is 0 Å². The minimum absolute atomic E-state index is 0.777. The second-order valence-corrected chi connectivity index (χ2v) is 7.67. The fraction of sp³-hybridized carbons (Fsp3) is 0.360. The van der Waals surface area contributed by atoms with Crippen molar-refractivity contribution in [3.8, 4) is 0 Å². The molecule has 0 spiro atoms. The Bertz CT molecular complexity index is 774. The molecule has 0 unspecified atom stereocenters. The summed E-state index contributed by atoms with van der Waals surface area (Å²) < 4.78 is 0. The lowest BCUT2D eigenvalue weighted by atomic mass is 9.84. The molecule has 1 saturated carbocycles. The van der Waals surface area contributed by atoms with E-state index in [1.807, 2.05) is 0 Å². The van der Waals surface area contributed by atoms with Crippen molar-refractivity contribution in [1.29, 1.82) is 0 Å². The summed E-state index contributed by atoms with van der Waals surface area (Å²) in [6.45, 7) is 0. The summed E-state index contributed by atoms with van der Waals surface area (Å²) in [6, 6.07) is 18.2.